The van der Waals surface area contributed by atoms with E-state index < -0.39 is 6.10 Å². The lowest BCUT2D eigenvalue weighted by Crippen LogP contribution is -3.01. The van der Waals surface area contributed by atoms with Gasteiger partial charge in [-0.25, -0.2) is 0 Å². The first-order valence-electron chi connectivity index (χ1n) is 25.8. The van der Waals surface area contributed by atoms with Gasteiger partial charge in [-0.05, 0) is 172 Å². The molecule has 10 aliphatic rings. The Labute approximate surface area is 372 Å². The van der Waals surface area contributed by atoms with Crippen LogP contribution in [0.4, 0.5) is 0 Å². The number of piperidine rings is 1. The summed E-state index contributed by atoms with van der Waals surface area (Å²) in [6.45, 7) is 5.23. The Balaban J connectivity index is 1.10. The largest absolute Gasteiger partial charge is 0.465 e. The molecule has 10 nitrogen and oxygen atoms in total. The third-order valence-electron chi connectivity index (χ3n) is 20.1. The summed E-state index contributed by atoms with van der Waals surface area (Å²) < 4.78 is 26.3. The predicted octanol–water partition coefficient (Wildman–Crippen LogP) is 5.19. The molecule has 346 valence electrons. The standard InChI is InChI=1S/C52H81N3O7/c1-5-54-40-11-7-6-9-30(40)19-31-13-14-32-22-45(53)55-41-12-8-10-29-21-42(58)43(59-3)24-38(29)50-39(27-61-28(2)56)36-15-16-37-47-34(20-35(57)23-44(47)60-4)26-52(49(37)51(36)62-50)18-17-33(25-52)46(31)48(32)41/h13-14,29-51,54-55,57-58H,5-7,9-11,15-27,53H2,1-4H3/p+1/t29?,30?,31-,32?,33+,34?,35?,36?,37?,38?,39+,40?,41?,42?,43?,44?,45?,46+,47?,48?,49?,50-,51?,52+/m1/s1. The van der Waals surface area contributed by atoms with Crippen molar-refractivity contribution in [3.63, 3.8) is 0 Å². The van der Waals surface area contributed by atoms with E-state index in [4.69, 9.17) is 24.7 Å². The molecule has 0 amide bonds. The number of carbonyl (C=O) groups is 1. The highest BCUT2D eigenvalue weighted by atomic mass is 16.5. The molecule has 24 atom stereocenters. The summed E-state index contributed by atoms with van der Waals surface area (Å²) in [7, 11) is 3.61. The molecule has 0 aromatic rings. The maximum absolute atomic E-state index is 12.6. The molecule has 3 heterocycles. The summed E-state index contributed by atoms with van der Waals surface area (Å²) in [5.74, 6) is 13.2. The molecule has 1 spiro atoms. The second-order valence-electron chi connectivity index (χ2n) is 23.0. The van der Waals surface area contributed by atoms with Gasteiger partial charge in [0.05, 0.1) is 43.2 Å². The van der Waals surface area contributed by atoms with Gasteiger partial charge in [0.1, 0.15) is 6.17 Å². The maximum Gasteiger partial charge on any atom is 0.302 e. The van der Waals surface area contributed by atoms with E-state index in [-0.39, 0.29) is 71.9 Å². The van der Waals surface area contributed by atoms with Gasteiger partial charge in [-0.2, -0.15) is 0 Å². The minimum Gasteiger partial charge on any atom is -0.465 e. The lowest BCUT2D eigenvalue weighted by molar-refractivity contribution is -0.728. The highest BCUT2D eigenvalue weighted by Crippen LogP contribution is 2.69. The van der Waals surface area contributed by atoms with Crippen LogP contribution in [0, 0.1) is 100 Å². The van der Waals surface area contributed by atoms with Crippen LogP contribution in [-0.2, 0) is 23.7 Å². The molecule has 18 unspecified atom stereocenters. The molecule has 0 aromatic carbocycles. The number of carbonyl (C=O) groups excluding carboxylic acids is 1. The van der Waals surface area contributed by atoms with Crippen LogP contribution in [0.5, 0.6) is 0 Å². The third kappa shape index (κ3) is 7.98. The van der Waals surface area contributed by atoms with Crippen molar-refractivity contribution >= 4 is 5.97 Å². The van der Waals surface area contributed by atoms with E-state index in [9.17, 15) is 15.0 Å². The summed E-state index contributed by atoms with van der Waals surface area (Å²) >= 11 is 0. The van der Waals surface area contributed by atoms with Crippen molar-refractivity contribution in [2.24, 2.45) is 94.0 Å². The van der Waals surface area contributed by atoms with Crippen LogP contribution in [-0.4, -0.2) is 98.4 Å². The second kappa shape index (κ2) is 18.3. The number of quaternary nitrogens is 1. The molecular formula is C52H82N3O7+. The van der Waals surface area contributed by atoms with Crippen LogP contribution in [0.2, 0.25) is 0 Å². The fraction of sp³-hybridized carbons (Fsp3) is 0.904. The molecule has 0 aromatic heterocycles. The fourth-order valence-corrected chi connectivity index (χ4v) is 18.1. The summed E-state index contributed by atoms with van der Waals surface area (Å²) in [5.41, 5.74) is 7.07. The zero-order chi connectivity index (χ0) is 42.9. The molecule has 10 rings (SSSR count). The SMILES string of the molecule is CCNC1CCCCC1C[C@H]1C=CC2CC(N)[NH2+]C3C#CCC4CC(O)C(OC)CC4[C@H]4OC5C(CCC6C7C(CC(O)CC7OC)C[C@@]7(CC[C@@H](C7)[C@H]1C23)C65)[C@@H]4COC(C)=O. The zero-order valence-corrected chi connectivity index (χ0v) is 38.5. The van der Waals surface area contributed by atoms with Gasteiger partial charge in [0.15, 0.2) is 6.04 Å². The smallest absolute Gasteiger partial charge is 0.302 e. The van der Waals surface area contributed by atoms with Crippen LogP contribution < -0.4 is 16.4 Å². The highest BCUT2D eigenvalue weighted by Gasteiger charge is 2.67. The van der Waals surface area contributed by atoms with Gasteiger partial charge >= 0.3 is 5.97 Å². The molecule has 4 bridgehead atoms. The molecule has 6 saturated carbocycles. The van der Waals surface area contributed by atoms with Gasteiger partial charge in [-0.3, -0.25) is 10.5 Å². The molecule has 3 aliphatic heterocycles. The van der Waals surface area contributed by atoms with E-state index >= 15 is 0 Å². The van der Waals surface area contributed by atoms with E-state index in [1.807, 2.05) is 7.11 Å². The van der Waals surface area contributed by atoms with Crippen molar-refractivity contribution in [3.05, 3.63) is 12.2 Å². The second-order valence-corrected chi connectivity index (χ2v) is 23.0. The number of hydrogen-bond acceptors (Lipinski definition) is 9. The number of hydrogen-bond donors (Lipinski definition) is 5. The normalized spacial score (nSPS) is 52.9. The first-order chi connectivity index (χ1) is 30.1. The summed E-state index contributed by atoms with van der Waals surface area (Å²) in [5, 5.41) is 29.3. The number of fused-ring (bicyclic) bond motifs is 7. The lowest BCUT2D eigenvalue weighted by Gasteiger charge is -2.61. The van der Waals surface area contributed by atoms with Gasteiger partial charge in [-0.15, -0.1) is 0 Å². The average Bonchev–Trinajstić information content (AvgIpc) is 3.84. The Morgan fingerprint density at radius 3 is 2.50 bits per heavy atom. The molecule has 7 aliphatic carbocycles. The number of nitrogens with two attached hydrogens (primary N) is 2. The molecule has 62 heavy (non-hydrogen) atoms. The average molecular weight is 861 g/mol. The van der Waals surface area contributed by atoms with Gasteiger partial charge in [-0.1, -0.05) is 37.8 Å². The van der Waals surface area contributed by atoms with Crippen molar-refractivity contribution in [3.8, 4) is 11.8 Å². The molecular weight excluding hydrogens is 779 g/mol. The minimum atomic E-state index is -0.550. The van der Waals surface area contributed by atoms with Crippen LogP contribution in [0.15, 0.2) is 12.2 Å². The van der Waals surface area contributed by atoms with Crippen molar-refractivity contribution in [1.29, 1.82) is 0 Å². The zero-order valence-electron chi connectivity index (χ0n) is 38.5. The van der Waals surface area contributed by atoms with Gasteiger partial charge in [0.2, 0.25) is 0 Å². The summed E-state index contributed by atoms with van der Waals surface area (Å²) in [6, 6.07) is 0.741. The Morgan fingerprint density at radius 1 is 0.887 bits per heavy atom. The van der Waals surface area contributed by atoms with Gasteiger partial charge in [0.25, 0.3) is 0 Å². The fourth-order valence-electron chi connectivity index (χ4n) is 18.1. The number of aliphatic hydroxyl groups excluding tert-OH is 2. The third-order valence-corrected chi connectivity index (χ3v) is 20.1. The van der Waals surface area contributed by atoms with E-state index in [1.165, 1.54) is 51.4 Å². The highest BCUT2D eigenvalue weighted by molar-refractivity contribution is 5.65. The van der Waals surface area contributed by atoms with Crippen LogP contribution in [0.3, 0.4) is 0 Å². The number of nitrogens with one attached hydrogen (secondary N) is 1. The minimum absolute atomic E-state index is 0.0328. The Hall–Kier alpha value is -1.55. The van der Waals surface area contributed by atoms with Crippen molar-refractivity contribution in [2.75, 3.05) is 27.4 Å². The van der Waals surface area contributed by atoms with Crippen molar-refractivity contribution < 1.29 is 39.3 Å². The number of rotatable bonds is 8. The van der Waals surface area contributed by atoms with Crippen molar-refractivity contribution in [2.45, 2.75) is 178 Å². The van der Waals surface area contributed by atoms with E-state index in [2.05, 4.69) is 41.6 Å². The quantitative estimate of drug-likeness (QED) is 0.126. The van der Waals surface area contributed by atoms with Crippen LogP contribution in [0.25, 0.3) is 0 Å². The Kier molecular flexibility index (Phi) is 13.0. The Morgan fingerprint density at radius 2 is 1.69 bits per heavy atom. The van der Waals surface area contributed by atoms with Crippen LogP contribution >= 0.6 is 0 Å². The number of esters is 1. The first kappa shape index (κ1) is 44.3. The van der Waals surface area contributed by atoms with Gasteiger partial charge in [0, 0.05) is 51.9 Å². The number of ether oxygens (including phenoxy) is 4. The first-order valence-corrected chi connectivity index (χ1v) is 25.8. The Bertz CT molecular complexity index is 1680. The molecule has 2 saturated heterocycles. The molecule has 7 N–H and O–H groups in total. The van der Waals surface area contributed by atoms with Crippen LogP contribution in [0.1, 0.15) is 123 Å². The van der Waals surface area contributed by atoms with E-state index in [0.29, 0.717) is 90.6 Å². The van der Waals surface area contributed by atoms with E-state index in [0.717, 1.165) is 51.5 Å². The summed E-state index contributed by atoms with van der Waals surface area (Å²) in [4.78, 5) is 12.6. The number of methoxy groups -OCH3 is 2. The molecule has 10 heteroatoms. The number of allylic oxidation sites excluding steroid dienone is 2. The maximum atomic E-state index is 12.6. The lowest BCUT2D eigenvalue weighted by atomic mass is 9.45. The monoisotopic (exact) mass is 861 g/mol. The topological polar surface area (TPSA) is 149 Å². The number of aliphatic hydroxyl groups is 2. The molecule has 8 fully saturated rings. The van der Waals surface area contributed by atoms with Gasteiger partial charge < -0.3 is 39.8 Å². The summed E-state index contributed by atoms with van der Waals surface area (Å²) in [6.07, 6.45) is 22.5. The predicted molar refractivity (Wildman–Crippen MR) is 237 cm³/mol. The molecule has 0 radical (unpaired) electrons. The van der Waals surface area contributed by atoms with E-state index in [1.54, 1.807) is 14.0 Å². The van der Waals surface area contributed by atoms with Crippen molar-refractivity contribution in [1.82, 2.24) is 5.32 Å².